The van der Waals surface area contributed by atoms with Gasteiger partial charge in [-0.15, -0.1) is 0 Å². The van der Waals surface area contributed by atoms with Gasteiger partial charge >= 0.3 is 0 Å². The van der Waals surface area contributed by atoms with Gasteiger partial charge in [0.05, 0.1) is 6.10 Å². The second kappa shape index (κ2) is 6.42. The Morgan fingerprint density at radius 2 is 1.62 bits per heavy atom. The fraction of sp³-hybridized carbons (Fsp3) is 1.00. The first-order chi connectivity index (χ1) is 6.29. The van der Waals surface area contributed by atoms with Crippen molar-refractivity contribution in [2.45, 2.75) is 70.8 Å². The highest BCUT2D eigenvalue weighted by Crippen LogP contribution is 2.26. The maximum Gasteiger partial charge on any atom is 0.0512 e. The van der Waals surface area contributed by atoms with Gasteiger partial charge in [-0.3, -0.25) is 0 Å². The molecule has 1 nitrogen and oxygen atoms in total. The lowest BCUT2D eigenvalue weighted by atomic mass is 9.87. The molecule has 0 saturated heterocycles. The highest BCUT2D eigenvalue weighted by molar-refractivity contribution is 4.65. The lowest BCUT2D eigenvalue weighted by molar-refractivity contribution is 0.169. The minimum absolute atomic E-state index is 0.0922. The summed E-state index contributed by atoms with van der Waals surface area (Å²) in [5.74, 6) is 0.912. The van der Waals surface area contributed by atoms with E-state index in [1.165, 1.54) is 51.4 Å². The zero-order chi connectivity index (χ0) is 9.52. The number of hydrogen-bond acceptors (Lipinski definition) is 1. The zero-order valence-electron chi connectivity index (χ0n) is 8.97. The van der Waals surface area contributed by atoms with Crippen molar-refractivity contribution in [2.75, 3.05) is 0 Å². The highest BCUT2D eigenvalue weighted by atomic mass is 16.3. The van der Waals surface area contributed by atoms with Crippen molar-refractivity contribution < 1.29 is 5.11 Å². The van der Waals surface area contributed by atoms with E-state index in [2.05, 4.69) is 0 Å². The van der Waals surface area contributed by atoms with E-state index in [4.69, 9.17) is 0 Å². The molecule has 0 bridgehead atoms. The Hall–Kier alpha value is -0.0400. The molecule has 1 atom stereocenters. The van der Waals surface area contributed by atoms with E-state index in [1.807, 2.05) is 6.92 Å². The topological polar surface area (TPSA) is 20.2 Å². The summed E-state index contributed by atoms with van der Waals surface area (Å²) in [5.41, 5.74) is 0. The van der Waals surface area contributed by atoms with Gasteiger partial charge in [0, 0.05) is 0 Å². The predicted molar refractivity (Wildman–Crippen MR) is 56.7 cm³/mol. The smallest absolute Gasteiger partial charge is 0.0512 e. The summed E-state index contributed by atoms with van der Waals surface area (Å²) in [6, 6.07) is 0. The van der Waals surface area contributed by atoms with E-state index in [9.17, 15) is 5.11 Å². The lowest BCUT2D eigenvalue weighted by Crippen LogP contribution is -2.08. The SMILES string of the molecule is CC(O)CCC1CCCCCCC1. The van der Waals surface area contributed by atoms with E-state index < -0.39 is 0 Å². The minimum atomic E-state index is -0.0922. The van der Waals surface area contributed by atoms with E-state index >= 15 is 0 Å². The summed E-state index contributed by atoms with van der Waals surface area (Å²) in [6.45, 7) is 1.91. The Balaban J connectivity index is 2.14. The second-order valence-corrected chi connectivity index (χ2v) is 4.64. The first-order valence-electron chi connectivity index (χ1n) is 5.97. The third-order valence-electron chi connectivity index (χ3n) is 3.22. The fourth-order valence-electron chi connectivity index (χ4n) is 2.31. The van der Waals surface area contributed by atoms with Crippen LogP contribution in [0.3, 0.4) is 0 Å². The molecule has 0 heterocycles. The third-order valence-corrected chi connectivity index (χ3v) is 3.22. The quantitative estimate of drug-likeness (QED) is 0.711. The fourth-order valence-corrected chi connectivity index (χ4v) is 2.31. The van der Waals surface area contributed by atoms with Crippen LogP contribution in [0, 0.1) is 5.92 Å². The average Bonchev–Trinajstić information content (AvgIpc) is 2.01. The molecular weight excluding hydrogens is 160 g/mol. The van der Waals surface area contributed by atoms with Gasteiger partial charge in [0.2, 0.25) is 0 Å². The molecule has 1 saturated carbocycles. The molecule has 0 amide bonds. The predicted octanol–water partition coefficient (Wildman–Crippen LogP) is 3.51. The molecule has 13 heavy (non-hydrogen) atoms. The van der Waals surface area contributed by atoms with Gasteiger partial charge < -0.3 is 5.11 Å². The van der Waals surface area contributed by atoms with Crippen molar-refractivity contribution in [3.05, 3.63) is 0 Å². The van der Waals surface area contributed by atoms with Gasteiger partial charge in [0.25, 0.3) is 0 Å². The first-order valence-corrected chi connectivity index (χ1v) is 5.97. The Morgan fingerprint density at radius 1 is 1.08 bits per heavy atom. The molecule has 0 aromatic heterocycles. The number of aliphatic hydroxyl groups excluding tert-OH is 1. The highest BCUT2D eigenvalue weighted by Gasteiger charge is 2.11. The van der Waals surface area contributed by atoms with E-state index in [0.29, 0.717) is 0 Å². The van der Waals surface area contributed by atoms with Gasteiger partial charge in [-0.1, -0.05) is 44.9 Å². The van der Waals surface area contributed by atoms with Crippen LogP contribution in [-0.4, -0.2) is 11.2 Å². The Bertz CT molecular complexity index is 112. The third kappa shape index (κ3) is 5.30. The van der Waals surface area contributed by atoms with Crippen molar-refractivity contribution in [3.63, 3.8) is 0 Å². The Labute approximate surface area is 82.5 Å². The standard InChI is InChI=1S/C12H24O/c1-11(13)9-10-12-7-5-3-2-4-6-8-12/h11-13H,2-10H2,1H3. The molecule has 0 spiro atoms. The Morgan fingerprint density at radius 3 is 2.15 bits per heavy atom. The van der Waals surface area contributed by atoms with E-state index in [-0.39, 0.29) is 6.10 Å². The van der Waals surface area contributed by atoms with Crippen LogP contribution in [0.2, 0.25) is 0 Å². The van der Waals surface area contributed by atoms with E-state index in [1.54, 1.807) is 0 Å². The van der Waals surface area contributed by atoms with Gasteiger partial charge in [0.15, 0.2) is 0 Å². The molecule has 1 unspecified atom stereocenters. The average molecular weight is 184 g/mol. The maximum atomic E-state index is 9.21. The van der Waals surface area contributed by atoms with Crippen molar-refractivity contribution in [3.8, 4) is 0 Å². The van der Waals surface area contributed by atoms with Gasteiger partial charge in [0.1, 0.15) is 0 Å². The van der Waals surface area contributed by atoms with Crippen LogP contribution in [0.5, 0.6) is 0 Å². The van der Waals surface area contributed by atoms with Crippen LogP contribution in [0.1, 0.15) is 64.7 Å². The van der Waals surface area contributed by atoms with E-state index in [0.717, 1.165) is 12.3 Å². The first kappa shape index (κ1) is 11.0. The molecule has 1 fully saturated rings. The normalized spacial score (nSPS) is 23.5. The van der Waals surface area contributed by atoms with Crippen molar-refractivity contribution in [1.29, 1.82) is 0 Å². The van der Waals surface area contributed by atoms with Crippen LogP contribution >= 0.6 is 0 Å². The molecule has 1 rings (SSSR count). The molecule has 0 aromatic rings. The molecule has 1 aliphatic rings. The summed E-state index contributed by atoms with van der Waals surface area (Å²) < 4.78 is 0. The summed E-state index contributed by atoms with van der Waals surface area (Å²) in [7, 11) is 0. The molecule has 0 aliphatic heterocycles. The van der Waals surface area contributed by atoms with Crippen molar-refractivity contribution in [1.82, 2.24) is 0 Å². The van der Waals surface area contributed by atoms with Crippen LogP contribution in [0.4, 0.5) is 0 Å². The maximum absolute atomic E-state index is 9.21. The molecule has 0 radical (unpaired) electrons. The largest absolute Gasteiger partial charge is 0.393 e. The number of aliphatic hydroxyl groups is 1. The van der Waals surface area contributed by atoms with Gasteiger partial charge in [-0.05, 0) is 25.7 Å². The summed E-state index contributed by atoms with van der Waals surface area (Å²) >= 11 is 0. The minimum Gasteiger partial charge on any atom is -0.393 e. The number of rotatable bonds is 3. The monoisotopic (exact) mass is 184 g/mol. The summed E-state index contributed by atoms with van der Waals surface area (Å²) in [6.07, 6.45) is 12.1. The molecule has 1 N–H and O–H groups in total. The van der Waals surface area contributed by atoms with Gasteiger partial charge in [-0.2, -0.15) is 0 Å². The second-order valence-electron chi connectivity index (χ2n) is 4.64. The summed E-state index contributed by atoms with van der Waals surface area (Å²) in [5, 5.41) is 9.21. The zero-order valence-corrected chi connectivity index (χ0v) is 8.97. The Kier molecular flexibility index (Phi) is 5.45. The van der Waals surface area contributed by atoms with Crippen LogP contribution in [-0.2, 0) is 0 Å². The van der Waals surface area contributed by atoms with Crippen molar-refractivity contribution >= 4 is 0 Å². The van der Waals surface area contributed by atoms with Crippen LogP contribution < -0.4 is 0 Å². The molecular formula is C12H24O. The molecule has 1 heteroatoms. The van der Waals surface area contributed by atoms with Crippen LogP contribution in [0.15, 0.2) is 0 Å². The van der Waals surface area contributed by atoms with Gasteiger partial charge in [-0.25, -0.2) is 0 Å². The number of hydrogen-bond donors (Lipinski definition) is 1. The van der Waals surface area contributed by atoms with Crippen molar-refractivity contribution in [2.24, 2.45) is 5.92 Å². The lowest BCUT2D eigenvalue weighted by Gasteiger charge is -2.19. The molecule has 78 valence electrons. The van der Waals surface area contributed by atoms with Crippen LogP contribution in [0.25, 0.3) is 0 Å². The molecule has 0 aromatic carbocycles. The summed E-state index contributed by atoms with van der Waals surface area (Å²) in [4.78, 5) is 0. The molecule has 1 aliphatic carbocycles.